The fraction of sp³-hybridized carbons (Fsp3) is 0.462. The average molecular weight is 279 g/mol. The van der Waals surface area contributed by atoms with Gasteiger partial charge >= 0.3 is 5.97 Å². The number of rotatable bonds is 2. The lowest BCUT2D eigenvalue weighted by atomic mass is 9.94. The highest BCUT2D eigenvalue weighted by molar-refractivity contribution is 5.93. The van der Waals surface area contributed by atoms with Crippen molar-refractivity contribution < 1.29 is 24.3 Å². The van der Waals surface area contributed by atoms with Gasteiger partial charge in [0.2, 0.25) is 0 Å². The number of benzene rings is 1. The van der Waals surface area contributed by atoms with Crippen molar-refractivity contribution in [2.45, 2.75) is 37.9 Å². The third-order valence-corrected chi connectivity index (χ3v) is 3.70. The summed E-state index contributed by atoms with van der Waals surface area (Å²) in [6, 6.07) is 2.32. The molecule has 3 rings (SSSR count). The van der Waals surface area contributed by atoms with Gasteiger partial charge in [-0.05, 0) is 12.8 Å². The summed E-state index contributed by atoms with van der Waals surface area (Å²) >= 11 is 0. The summed E-state index contributed by atoms with van der Waals surface area (Å²) in [5, 5.41) is 20.0. The van der Waals surface area contributed by atoms with Crippen LogP contribution in [0.4, 0.5) is 5.69 Å². The molecule has 0 bridgehead atoms. The normalized spacial score (nSPS) is 19.0. The van der Waals surface area contributed by atoms with Crippen molar-refractivity contribution in [3.63, 3.8) is 0 Å². The third-order valence-electron chi connectivity index (χ3n) is 3.70. The smallest absolute Gasteiger partial charge is 0.342 e. The maximum absolute atomic E-state index is 11.1. The molecule has 2 aliphatic rings. The molecule has 0 aromatic heterocycles. The van der Waals surface area contributed by atoms with Crippen LogP contribution in [0.2, 0.25) is 0 Å². The molecule has 0 saturated heterocycles. The summed E-state index contributed by atoms with van der Waals surface area (Å²) in [7, 11) is 0. The molecule has 1 saturated carbocycles. The highest BCUT2D eigenvalue weighted by atomic mass is 16.7. The number of hydrogen-bond donors (Lipinski definition) is 1. The van der Waals surface area contributed by atoms with Crippen LogP contribution in [0.25, 0.3) is 0 Å². The molecule has 1 aromatic carbocycles. The molecular formula is C13H13NO6. The summed E-state index contributed by atoms with van der Waals surface area (Å²) < 4.78 is 11.5. The first-order valence-corrected chi connectivity index (χ1v) is 6.44. The van der Waals surface area contributed by atoms with E-state index in [0.29, 0.717) is 12.8 Å². The fourth-order valence-corrected chi connectivity index (χ4v) is 2.75. The minimum absolute atomic E-state index is 0.253. The number of fused-ring (bicyclic) bond motifs is 1. The minimum atomic E-state index is -1.35. The first-order valence-electron chi connectivity index (χ1n) is 6.44. The lowest BCUT2D eigenvalue weighted by Crippen LogP contribution is -2.40. The van der Waals surface area contributed by atoms with Crippen molar-refractivity contribution in [3.8, 4) is 11.5 Å². The fourth-order valence-electron chi connectivity index (χ4n) is 2.75. The molecule has 0 unspecified atom stereocenters. The molecule has 7 nitrogen and oxygen atoms in total. The Kier molecular flexibility index (Phi) is 2.77. The van der Waals surface area contributed by atoms with Crippen molar-refractivity contribution in [2.24, 2.45) is 0 Å². The van der Waals surface area contributed by atoms with E-state index in [2.05, 4.69) is 0 Å². The maximum Gasteiger partial charge on any atom is 0.342 e. The largest absolute Gasteiger partial charge is 0.477 e. The van der Waals surface area contributed by atoms with Crippen LogP contribution in [0, 0.1) is 10.1 Å². The number of nitro benzene ring substituents is 1. The molecule has 1 fully saturated rings. The van der Waals surface area contributed by atoms with Gasteiger partial charge in [-0.3, -0.25) is 10.1 Å². The number of hydrogen-bond acceptors (Lipinski definition) is 5. The Morgan fingerprint density at radius 2 is 1.80 bits per heavy atom. The van der Waals surface area contributed by atoms with Gasteiger partial charge in [0.05, 0.1) is 11.0 Å². The highest BCUT2D eigenvalue weighted by Gasteiger charge is 2.44. The van der Waals surface area contributed by atoms with Gasteiger partial charge in [0.15, 0.2) is 11.5 Å². The standard InChI is InChI=1S/C13H13NO6/c15-12(16)8-6-10-11(7-9(8)14(17)18)20-13(19-10)4-2-1-3-5-13/h6-7H,1-5H2,(H,15,16). The van der Waals surface area contributed by atoms with Crippen LogP contribution in [0.3, 0.4) is 0 Å². The lowest BCUT2D eigenvalue weighted by molar-refractivity contribution is -0.385. The summed E-state index contributed by atoms with van der Waals surface area (Å²) in [6.07, 6.45) is 4.44. The Labute approximate surface area is 114 Å². The van der Waals surface area contributed by atoms with Gasteiger partial charge in [0.1, 0.15) is 5.56 Å². The zero-order chi connectivity index (χ0) is 14.3. The number of carbonyl (C=O) groups is 1. The molecule has 0 atom stereocenters. The predicted molar refractivity (Wildman–Crippen MR) is 67.1 cm³/mol. The van der Waals surface area contributed by atoms with Crippen molar-refractivity contribution in [2.75, 3.05) is 0 Å². The van der Waals surface area contributed by atoms with E-state index in [1.165, 1.54) is 6.07 Å². The van der Waals surface area contributed by atoms with E-state index in [1.807, 2.05) is 0 Å². The molecule has 106 valence electrons. The van der Waals surface area contributed by atoms with Gasteiger partial charge < -0.3 is 14.6 Å². The highest BCUT2D eigenvalue weighted by Crippen LogP contribution is 2.47. The number of carboxylic acid groups (broad SMARTS) is 1. The lowest BCUT2D eigenvalue weighted by Gasteiger charge is -2.31. The van der Waals surface area contributed by atoms with Gasteiger partial charge in [-0.1, -0.05) is 6.42 Å². The average Bonchev–Trinajstić information content (AvgIpc) is 2.74. The van der Waals surface area contributed by atoms with E-state index >= 15 is 0 Å². The van der Waals surface area contributed by atoms with E-state index in [4.69, 9.17) is 14.6 Å². The number of ether oxygens (including phenoxy) is 2. The topological polar surface area (TPSA) is 98.9 Å². The first kappa shape index (κ1) is 12.7. The van der Waals surface area contributed by atoms with E-state index in [1.54, 1.807) is 0 Å². The number of nitrogens with zero attached hydrogens (tertiary/aromatic N) is 1. The van der Waals surface area contributed by atoms with Crippen molar-refractivity contribution >= 4 is 11.7 Å². The maximum atomic E-state index is 11.1. The van der Waals surface area contributed by atoms with Gasteiger partial charge in [0.25, 0.3) is 11.5 Å². The van der Waals surface area contributed by atoms with Gasteiger partial charge in [-0.15, -0.1) is 0 Å². The molecule has 0 radical (unpaired) electrons. The van der Waals surface area contributed by atoms with Gasteiger partial charge in [-0.2, -0.15) is 0 Å². The van der Waals surface area contributed by atoms with E-state index in [0.717, 1.165) is 25.3 Å². The van der Waals surface area contributed by atoms with Crippen molar-refractivity contribution in [1.82, 2.24) is 0 Å². The third kappa shape index (κ3) is 1.95. The Morgan fingerprint density at radius 1 is 1.20 bits per heavy atom. The summed E-state index contributed by atoms with van der Waals surface area (Å²) in [6.45, 7) is 0. The summed E-state index contributed by atoms with van der Waals surface area (Å²) in [5.41, 5.74) is -0.863. The number of carboxylic acids is 1. The summed E-state index contributed by atoms with van der Waals surface area (Å²) in [5.74, 6) is -1.60. The van der Waals surface area contributed by atoms with Crippen LogP contribution in [0.15, 0.2) is 12.1 Å². The molecule has 1 aromatic rings. The molecule has 0 amide bonds. The Bertz CT molecular complexity index is 546. The first-order chi connectivity index (χ1) is 9.51. The van der Waals surface area contributed by atoms with Crippen LogP contribution < -0.4 is 9.47 Å². The molecule has 1 aliphatic carbocycles. The van der Waals surface area contributed by atoms with Crippen LogP contribution in [0.1, 0.15) is 42.5 Å². The molecule has 20 heavy (non-hydrogen) atoms. The monoisotopic (exact) mass is 279 g/mol. The Morgan fingerprint density at radius 3 is 2.35 bits per heavy atom. The Balaban J connectivity index is 2.01. The van der Waals surface area contributed by atoms with E-state index in [9.17, 15) is 14.9 Å². The van der Waals surface area contributed by atoms with Crippen molar-refractivity contribution in [1.29, 1.82) is 0 Å². The number of aromatic carboxylic acids is 1. The second kappa shape index (κ2) is 4.36. The zero-order valence-electron chi connectivity index (χ0n) is 10.6. The van der Waals surface area contributed by atoms with Gasteiger partial charge in [0, 0.05) is 18.9 Å². The molecular weight excluding hydrogens is 266 g/mol. The van der Waals surface area contributed by atoms with Crippen molar-refractivity contribution in [3.05, 3.63) is 27.8 Å². The quantitative estimate of drug-likeness (QED) is 0.660. The zero-order valence-corrected chi connectivity index (χ0v) is 10.6. The second-order valence-electron chi connectivity index (χ2n) is 5.05. The van der Waals surface area contributed by atoms with Crippen LogP contribution in [0.5, 0.6) is 11.5 Å². The second-order valence-corrected chi connectivity index (χ2v) is 5.05. The van der Waals surface area contributed by atoms with Crippen LogP contribution in [-0.4, -0.2) is 21.8 Å². The molecule has 1 N–H and O–H groups in total. The number of nitro groups is 1. The molecule has 1 aliphatic heterocycles. The van der Waals surface area contributed by atoms with Crippen LogP contribution in [-0.2, 0) is 0 Å². The predicted octanol–water partition coefficient (Wildman–Crippen LogP) is 2.72. The van der Waals surface area contributed by atoms with Crippen LogP contribution >= 0.6 is 0 Å². The Hall–Kier alpha value is -2.31. The van der Waals surface area contributed by atoms with E-state index in [-0.39, 0.29) is 17.1 Å². The van der Waals surface area contributed by atoms with E-state index < -0.39 is 22.4 Å². The molecule has 1 heterocycles. The van der Waals surface area contributed by atoms with Gasteiger partial charge in [-0.25, -0.2) is 4.79 Å². The molecule has 7 heteroatoms. The summed E-state index contributed by atoms with van der Waals surface area (Å²) in [4.78, 5) is 21.3. The molecule has 1 spiro atoms. The minimum Gasteiger partial charge on any atom is -0.477 e. The SMILES string of the molecule is O=C(O)c1cc2c(cc1[N+](=O)[O-])OC1(CCCCC1)O2.